The first-order chi connectivity index (χ1) is 12.0. The lowest BCUT2D eigenvalue weighted by Crippen LogP contribution is -2.40. The molecule has 1 aromatic heterocycles. The van der Waals surface area contributed by atoms with Gasteiger partial charge in [0.2, 0.25) is 5.91 Å². The van der Waals surface area contributed by atoms with Crippen LogP contribution in [0.25, 0.3) is 0 Å². The van der Waals surface area contributed by atoms with Gasteiger partial charge in [0, 0.05) is 5.69 Å². The van der Waals surface area contributed by atoms with Gasteiger partial charge in [-0.1, -0.05) is 30.3 Å². The van der Waals surface area contributed by atoms with E-state index in [1.165, 1.54) is 4.68 Å². The highest BCUT2D eigenvalue weighted by atomic mass is 16.5. The molecule has 8 nitrogen and oxygen atoms in total. The number of alkyl carbamates (subject to hydrolysis) is 1. The Bertz CT molecular complexity index is 755. The van der Waals surface area contributed by atoms with Crippen LogP contribution < -0.4 is 10.6 Å². The van der Waals surface area contributed by atoms with Crippen molar-refractivity contribution in [2.75, 3.05) is 13.1 Å². The van der Waals surface area contributed by atoms with E-state index in [0.29, 0.717) is 5.69 Å². The highest BCUT2D eigenvalue weighted by Gasteiger charge is 2.12. The molecule has 25 heavy (non-hydrogen) atoms. The molecular formula is C17H20N4O4. The number of rotatable bonds is 6. The van der Waals surface area contributed by atoms with E-state index in [0.717, 1.165) is 11.3 Å². The molecule has 0 aliphatic rings. The summed E-state index contributed by atoms with van der Waals surface area (Å²) in [6, 6.07) is 11.0. The van der Waals surface area contributed by atoms with Crippen LogP contribution in [-0.2, 0) is 16.1 Å². The third-order valence-electron chi connectivity index (χ3n) is 3.29. The fourth-order valence-corrected chi connectivity index (χ4v) is 2.12. The number of nitrogens with zero attached hydrogens (tertiary/aromatic N) is 2. The van der Waals surface area contributed by atoms with Gasteiger partial charge in [-0.25, -0.2) is 9.48 Å². The number of nitrogens with one attached hydrogen (secondary N) is 2. The molecule has 2 rings (SSSR count). The molecule has 8 heteroatoms. The van der Waals surface area contributed by atoms with Crippen LogP contribution in [-0.4, -0.2) is 40.8 Å². The normalized spacial score (nSPS) is 10.2. The summed E-state index contributed by atoms with van der Waals surface area (Å²) in [5.74, 6) is -0.850. The second-order valence-electron chi connectivity index (χ2n) is 5.42. The highest BCUT2D eigenvalue weighted by Crippen LogP contribution is 2.01. The molecule has 2 amide bonds. The van der Waals surface area contributed by atoms with Crippen LogP contribution in [0.5, 0.6) is 0 Å². The average Bonchev–Trinajstić information content (AvgIpc) is 2.95. The Morgan fingerprint density at radius 2 is 1.80 bits per heavy atom. The van der Waals surface area contributed by atoms with Crippen LogP contribution >= 0.6 is 0 Å². The molecule has 2 aromatic rings. The Labute approximate surface area is 145 Å². The van der Waals surface area contributed by atoms with Crippen molar-refractivity contribution in [3.8, 4) is 0 Å². The molecule has 0 spiro atoms. The maximum absolute atomic E-state index is 12.0. The van der Waals surface area contributed by atoms with Crippen molar-refractivity contribution in [2.24, 2.45) is 0 Å². The summed E-state index contributed by atoms with van der Waals surface area (Å²) >= 11 is 0. The Balaban J connectivity index is 1.67. The van der Waals surface area contributed by atoms with E-state index in [1.54, 1.807) is 19.9 Å². The largest absolute Gasteiger partial charge is 0.445 e. The van der Waals surface area contributed by atoms with Crippen molar-refractivity contribution in [3.05, 3.63) is 53.3 Å². The number of benzene rings is 1. The maximum Gasteiger partial charge on any atom is 0.407 e. The Morgan fingerprint density at radius 3 is 2.44 bits per heavy atom. The molecule has 0 atom stereocenters. The van der Waals surface area contributed by atoms with Crippen molar-refractivity contribution in [2.45, 2.75) is 20.5 Å². The average molecular weight is 344 g/mol. The lowest BCUT2D eigenvalue weighted by molar-refractivity contribution is -0.120. The number of carbonyl (C=O) groups is 3. The quantitative estimate of drug-likeness (QED) is 0.819. The first-order valence-electron chi connectivity index (χ1n) is 7.73. The van der Waals surface area contributed by atoms with Crippen LogP contribution in [0.3, 0.4) is 0 Å². The molecule has 0 bridgehead atoms. The SMILES string of the molecule is Cc1cc(C)n(C(=O)CNC(=O)CNC(=O)OCc2ccccc2)n1. The Hall–Kier alpha value is -3.16. The predicted molar refractivity (Wildman–Crippen MR) is 90.0 cm³/mol. The van der Waals surface area contributed by atoms with Gasteiger partial charge in [-0.3, -0.25) is 9.59 Å². The monoisotopic (exact) mass is 344 g/mol. The molecular weight excluding hydrogens is 324 g/mol. The molecule has 0 saturated heterocycles. The van der Waals surface area contributed by atoms with Gasteiger partial charge < -0.3 is 15.4 Å². The fraction of sp³-hybridized carbons (Fsp3) is 0.294. The van der Waals surface area contributed by atoms with Crippen molar-refractivity contribution in [1.29, 1.82) is 0 Å². The molecule has 0 unspecified atom stereocenters. The summed E-state index contributed by atoms with van der Waals surface area (Å²) in [6.45, 7) is 3.16. The summed E-state index contributed by atoms with van der Waals surface area (Å²) in [5.41, 5.74) is 2.26. The predicted octanol–water partition coefficient (Wildman–Crippen LogP) is 1.18. The van der Waals surface area contributed by atoms with E-state index >= 15 is 0 Å². The van der Waals surface area contributed by atoms with E-state index in [-0.39, 0.29) is 25.6 Å². The molecule has 1 heterocycles. The van der Waals surface area contributed by atoms with Gasteiger partial charge in [0.15, 0.2) is 0 Å². The second kappa shape index (κ2) is 8.62. The van der Waals surface area contributed by atoms with Crippen LogP contribution in [0.1, 0.15) is 21.7 Å². The minimum Gasteiger partial charge on any atom is -0.445 e. The van der Waals surface area contributed by atoms with E-state index in [4.69, 9.17) is 4.74 Å². The molecule has 132 valence electrons. The van der Waals surface area contributed by atoms with Gasteiger partial charge in [-0.15, -0.1) is 0 Å². The van der Waals surface area contributed by atoms with Crippen LogP contribution in [0.15, 0.2) is 36.4 Å². The van der Waals surface area contributed by atoms with Gasteiger partial charge in [0.1, 0.15) is 13.2 Å². The van der Waals surface area contributed by atoms with Crippen LogP contribution in [0.4, 0.5) is 4.79 Å². The van der Waals surface area contributed by atoms with Gasteiger partial charge in [-0.05, 0) is 25.5 Å². The number of ether oxygens (including phenoxy) is 1. The maximum atomic E-state index is 12.0. The smallest absolute Gasteiger partial charge is 0.407 e. The van der Waals surface area contributed by atoms with E-state index < -0.39 is 12.0 Å². The van der Waals surface area contributed by atoms with Crippen molar-refractivity contribution in [1.82, 2.24) is 20.4 Å². The van der Waals surface area contributed by atoms with E-state index in [2.05, 4.69) is 15.7 Å². The zero-order valence-electron chi connectivity index (χ0n) is 14.1. The first kappa shape index (κ1) is 18.2. The number of hydrogen-bond donors (Lipinski definition) is 2. The number of amides is 2. The number of hydrogen-bond acceptors (Lipinski definition) is 5. The molecule has 0 radical (unpaired) electrons. The molecule has 0 fully saturated rings. The summed E-state index contributed by atoms with van der Waals surface area (Å²) in [7, 11) is 0. The minimum absolute atomic E-state index is 0.116. The number of aromatic nitrogens is 2. The van der Waals surface area contributed by atoms with Crippen molar-refractivity contribution < 1.29 is 19.1 Å². The molecule has 0 saturated carbocycles. The van der Waals surface area contributed by atoms with Crippen LogP contribution in [0, 0.1) is 13.8 Å². The lowest BCUT2D eigenvalue weighted by atomic mass is 10.2. The van der Waals surface area contributed by atoms with Crippen LogP contribution in [0.2, 0.25) is 0 Å². The summed E-state index contributed by atoms with van der Waals surface area (Å²) in [6.07, 6.45) is -0.705. The van der Waals surface area contributed by atoms with Gasteiger partial charge in [0.05, 0.1) is 12.2 Å². The molecule has 2 N–H and O–H groups in total. The standard InChI is InChI=1S/C17H20N4O4/c1-12-8-13(2)21(20-12)16(23)10-18-15(22)9-19-17(24)25-11-14-6-4-3-5-7-14/h3-8H,9-11H2,1-2H3,(H,18,22)(H,19,24). The number of aryl methyl sites for hydroxylation is 2. The minimum atomic E-state index is -0.705. The highest BCUT2D eigenvalue weighted by molar-refractivity contribution is 5.88. The second-order valence-corrected chi connectivity index (χ2v) is 5.42. The van der Waals surface area contributed by atoms with Crippen molar-refractivity contribution >= 4 is 17.9 Å². The number of carbonyl (C=O) groups excluding carboxylic acids is 3. The van der Waals surface area contributed by atoms with Gasteiger partial charge >= 0.3 is 6.09 Å². The van der Waals surface area contributed by atoms with Crippen molar-refractivity contribution in [3.63, 3.8) is 0 Å². The third-order valence-corrected chi connectivity index (χ3v) is 3.29. The van der Waals surface area contributed by atoms with E-state index in [9.17, 15) is 14.4 Å². The molecule has 0 aliphatic carbocycles. The summed E-state index contributed by atoms with van der Waals surface area (Å²) < 4.78 is 6.21. The molecule has 0 aliphatic heterocycles. The first-order valence-corrected chi connectivity index (χ1v) is 7.73. The third kappa shape index (κ3) is 5.76. The van der Waals surface area contributed by atoms with E-state index in [1.807, 2.05) is 30.3 Å². The van der Waals surface area contributed by atoms with Gasteiger partial charge in [-0.2, -0.15) is 5.10 Å². The fourth-order valence-electron chi connectivity index (χ4n) is 2.12. The Morgan fingerprint density at radius 1 is 1.08 bits per heavy atom. The summed E-state index contributed by atoms with van der Waals surface area (Å²) in [5, 5.41) is 8.79. The Kier molecular flexibility index (Phi) is 6.27. The topological polar surface area (TPSA) is 102 Å². The zero-order valence-corrected chi connectivity index (χ0v) is 14.1. The zero-order chi connectivity index (χ0) is 18.2. The summed E-state index contributed by atoms with van der Waals surface area (Å²) in [4.78, 5) is 35.2. The lowest BCUT2D eigenvalue weighted by Gasteiger charge is -2.08. The van der Waals surface area contributed by atoms with Gasteiger partial charge in [0.25, 0.3) is 5.91 Å². The molecule has 1 aromatic carbocycles.